The Labute approximate surface area is 92.8 Å². The zero-order valence-corrected chi connectivity index (χ0v) is 11.3. The van der Waals surface area contributed by atoms with E-state index >= 15 is 0 Å². The van der Waals surface area contributed by atoms with Crippen molar-refractivity contribution in [3.63, 3.8) is 0 Å². The van der Waals surface area contributed by atoms with Crippen molar-refractivity contribution < 1.29 is 0 Å². The molecule has 1 heteroatoms. The molecule has 1 unspecified atom stereocenters. The summed E-state index contributed by atoms with van der Waals surface area (Å²) in [6, 6.07) is 0. The van der Waals surface area contributed by atoms with Gasteiger partial charge in [-0.15, -0.1) is 18.9 Å². The van der Waals surface area contributed by atoms with Crippen LogP contribution in [0.2, 0.25) is 0 Å². The van der Waals surface area contributed by atoms with E-state index in [-0.39, 0.29) is 0 Å². The summed E-state index contributed by atoms with van der Waals surface area (Å²) in [6.07, 6.45) is 3.55. The molecule has 0 amide bonds. The first kappa shape index (κ1) is 10.2. The largest absolute Gasteiger partial charge is 0.132 e. The maximum atomic E-state index is 4.24. The third-order valence-electron chi connectivity index (χ3n) is 3.26. The van der Waals surface area contributed by atoms with E-state index in [1.807, 2.05) is 0 Å². The van der Waals surface area contributed by atoms with Gasteiger partial charge in [-0.3, -0.25) is 0 Å². The maximum Gasteiger partial charge on any atom is 0.00589 e. The van der Waals surface area contributed by atoms with E-state index in [4.69, 9.17) is 0 Å². The van der Waals surface area contributed by atoms with Crippen molar-refractivity contribution >= 4 is 27.4 Å². The highest BCUT2D eigenvalue weighted by molar-refractivity contribution is 14.2. The predicted octanol–water partition coefficient (Wildman–Crippen LogP) is 3.93. The second-order valence-corrected chi connectivity index (χ2v) is 7.80. The van der Waals surface area contributed by atoms with E-state index in [1.165, 1.54) is 17.6 Å². The minimum atomic E-state index is -1.08. The standard InChI is InChI=1S/C13H17I/c1-5-11-9(2)10(3)12-6-7-14(4)8-13(11)12/h6-8,11H,4-5H2,1-3H3. The van der Waals surface area contributed by atoms with Crippen LogP contribution in [0.15, 0.2) is 32.5 Å². The lowest BCUT2D eigenvalue weighted by Crippen LogP contribution is -2.02. The fourth-order valence-electron chi connectivity index (χ4n) is 2.32. The zero-order chi connectivity index (χ0) is 10.3. The molecule has 0 fully saturated rings. The van der Waals surface area contributed by atoms with Crippen LogP contribution in [0, 0.1) is 5.92 Å². The molecule has 1 aliphatic heterocycles. The van der Waals surface area contributed by atoms with Gasteiger partial charge in [0.05, 0.1) is 0 Å². The summed E-state index contributed by atoms with van der Waals surface area (Å²) in [5.41, 5.74) is 6.16. The Bertz CT molecular complexity index is 438. The Morgan fingerprint density at radius 2 is 2.14 bits per heavy atom. The molecule has 0 N–H and O–H groups in total. The van der Waals surface area contributed by atoms with E-state index in [1.54, 1.807) is 11.1 Å². The summed E-state index contributed by atoms with van der Waals surface area (Å²) in [4.78, 5) is 0. The minimum Gasteiger partial charge on any atom is -0.132 e. The van der Waals surface area contributed by atoms with Crippen LogP contribution in [0.3, 0.4) is 0 Å². The second kappa shape index (κ2) is 3.69. The zero-order valence-electron chi connectivity index (χ0n) is 9.10. The van der Waals surface area contributed by atoms with Crippen LogP contribution in [-0.2, 0) is 0 Å². The Morgan fingerprint density at radius 1 is 1.43 bits per heavy atom. The third kappa shape index (κ3) is 1.42. The van der Waals surface area contributed by atoms with E-state index in [2.05, 4.69) is 39.5 Å². The number of hydrogen-bond acceptors (Lipinski definition) is 0. The molecule has 14 heavy (non-hydrogen) atoms. The molecule has 0 bridgehead atoms. The molecule has 0 aromatic rings. The van der Waals surface area contributed by atoms with Crippen molar-refractivity contribution in [1.82, 2.24) is 0 Å². The van der Waals surface area contributed by atoms with E-state index < -0.39 is 18.9 Å². The molecule has 76 valence electrons. The maximum absolute atomic E-state index is 4.24. The van der Waals surface area contributed by atoms with Gasteiger partial charge in [0.2, 0.25) is 0 Å². The number of hydrogen-bond donors (Lipinski definition) is 0. The molecule has 0 radical (unpaired) electrons. The number of allylic oxidation sites excluding steroid dienone is 5. The summed E-state index contributed by atoms with van der Waals surface area (Å²) >= 11 is -1.08. The summed E-state index contributed by atoms with van der Waals surface area (Å²) < 4.78 is 9.06. The van der Waals surface area contributed by atoms with Crippen molar-refractivity contribution in [2.45, 2.75) is 27.2 Å². The lowest BCUT2D eigenvalue weighted by molar-refractivity contribution is 0.720. The van der Waals surface area contributed by atoms with Gasteiger partial charge in [0, 0.05) is 5.92 Å². The van der Waals surface area contributed by atoms with Crippen molar-refractivity contribution in [3.05, 3.63) is 32.5 Å². The topological polar surface area (TPSA) is 0 Å². The summed E-state index contributed by atoms with van der Waals surface area (Å²) in [5.74, 6) is 0.691. The van der Waals surface area contributed by atoms with Crippen LogP contribution in [0.5, 0.6) is 0 Å². The van der Waals surface area contributed by atoms with Gasteiger partial charge in [0.25, 0.3) is 0 Å². The summed E-state index contributed by atoms with van der Waals surface area (Å²) in [7, 11) is 0. The molecule has 0 spiro atoms. The van der Waals surface area contributed by atoms with Crippen molar-refractivity contribution in [3.8, 4) is 0 Å². The normalized spacial score (nSPS) is 26.9. The van der Waals surface area contributed by atoms with Crippen LogP contribution in [0.1, 0.15) is 27.2 Å². The lowest BCUT2D eigenvalue weighted by atomic mass is 9.94. The molecule has 2 aliphatic rings. The fraction of sp³-hybridized carbons (Fsp3) is 0.385. The van der Waals surface area contributed by atoms with Gasteiger partial charge in [-0.1, -0.05) is 17.0 Å². The summed E-state index contributed by atoms with van der Waals surface area (Å²) in [6.45, 7) is 6.82. The fourth-order valence-corrected chi connectivity index (χ4v) is 4.99. The van der Waals surface area contributed by atoms with E-state index in [0.717, 1.165) is 0 Å². The smallest absolute Gasteiger partial charge is 0.00589 e. The van der Waals surface area contributed by atoms with Gasteiger partial charge in [-0.25, -0.2) is 0 Å². The van der Waals surface area contributed by atoms with Gasteiger partial charge < -0.3 is 0 Å². The third-order valence-corrected chi connectivity index (χ3v) is 6.02. The Balaban J connectivity index is 2.57. The first-order chi connectivity index (χ1) is 6.65. The Kier molecular flexibility index (Phi) is 2.69. The van der Waals surface area contributed by atoms with E-state index in [0.29, 0.717) is 5.92 Å². The lowest BCUT2D eigenvalue weighted by Gasteiger charge is -2.13. The van der Waals surface area contributed by atoms with Crippen molar-refractivity contribution in [2.75, 3.05) is 0 Å². The van der Waals surface area contributed by atoms with Gasteiger partial charge in [0.1, 0.15) is 0 Å². The van der Waals surface area contributed by atoms with Crippen molar-refractivity contribution in [2.24, 2.45) is 5.92 Å². The molecule has 0 saturated carbocycles. The van der Waals surface area contributed by atoms with Crippen LogP contribution < -0.4 is 0 Å². The van der Waals surface area contributed by atoms with Crippen LogP contribution >= 0.6 is 18.9 Å². The molecular weight excluding hydrogens is 283 g/mol. The quantitative estimate of drug-likeness (QED) is 0.644. The average molecular weight is 300 g/mol. The molecule has 0 aromatic carbocycles. The van der Waals surface area contributed by atoms with E-state index in [9.17, 15) is 0 Å². The highest BCUT2D eigenvalue weighted by atomic mass is 127. The van der Waals surface area contributed by atoms with Crippen LogP contribution in [0.25, 0.3) is 0 Å². The molecule has 0 nitrogen and oxygen atoms in total. The van der Waals surface area contributed by atoms with Crippen LogP contribution in [-0.4, -0.2) is 8.53 Å². The molecule has 1 aliphatic carbocycles. The minimum absolute atomic E-state index is 0.691. The SMILES string of the molecule is C=I1=CC2=C(C=C1)C(C)=C(C)C2CC. The Morgan fingerprint density at radius 3 is 2.79 bits per heavy atom. The summed E-state index contributed by atoms with van der Waals surface area (Å²) in [5, 5.41) is 0. The number of rotatable bonds is 1. The van der Waals surface area contributed by atoms with Crippen molar-refractivity contribution in [1.29, 1.82) is 0 Å². The van der Waals surface area contributed by atoms with Gasteiger partial charge in [-0.05, 0) is 51.2 Å². The monoisotopic (exact) mass is 300 g/mol. The predicted molar refractivity (Wildman–Crippen MR) is 75.5 cm³/mol. The van der Waals surface area contributed by atoms with Gasteiger partial charge in [-0.2, -0.15) is 0 Å². The van der Waals surface area contributed by atoms with Crippen LogP contribution in [0.4, 0.5) is 0 Å². The van der Waals surface area contributed by atoms with Gasteiger partial charge >= 0.3 is 0 Å². The molecule has 1 atom stereocenters. The molecule has 0 saturated heterocycles. The Hall–Kier alpha value is -0.310. The number of halogens is 1. The highest BCUT2D eigenvalue weighted by Gasteiger charge is 2.26. The first-order valence-electron chi connectivity index (χ1n) is 5.06. The second-order valence-electron chi connectivity index (χ2n) is 3.97. The molecule has 1 heterocycles. The molecule has 2 rings (SSSR count). The highest BCUT2D eigenvalue weighted by Crippen LogP contribution is 2.42. The molecular formula is C13H17I. The van der Waals surface area contributed by atoms with Gasteiger partial charge in [0.15, 0.2) is 0 Å². The molecule has 0 aromatic heterocycles. The first-order valence-corrected chi connectivity index (χ1v) is 9.07. The average Bonchev–Trinajstić information content (AvgIpc) is 2.39.